The zero-order valence-electron chi connectivity index (χ0n) is 6.60. The predicted octanol–water partition coefficient (Wildman–Crippen LogP) is 1.28. The number of primary amides is 1. The van der Waals surface area contributed by atoms with Crippen LogP contribution >= 0.6 is 0 Å². The average Bonchev–Trinajstić information content (AvgIpc) is 2.04. The van der Waals surface area contributed by atoms with Crippen LogP contribution in [0, 0.1) is 0 Å². The lowest BCUT2D eigenvalue weighted by Crippen LogP contribution is -2.20. The fourth-order valence-electron chi connectivity index (χ4n) is 0.688. The smallest absolute Gasteiger partial charge is 0.395 e. The number of hydrogen-bond donors (Lipinski definition) is 1. The molecular formula is C8H7NO4. The highest BCUT2D eigenvalue weighted by molar-refractivity contribution is 5.80. The lowest BCUT2D eigenvalue weighted by molar-refractivity contribution is 0.120. The van der Waals surface area contributed by atoms with E-state index in [0.29, 0.717) is 0 Å². The average molecular weight is 181 g/mol. The van der Waals surface area contributed by atoms with E-state index in [2.05, 4.69) is 15.2 Å². The van der Waals surface area contributed by atoms with Gasteiger partial charge in [0.1, 0.15) is 5.75 Å². The van der Waals surface area contributed by atoms with Crippen LogP contribution in [-0.2, 0) is 4.74 Å². The van der Waals surface area contributed by atoms with Crippen molar-refractivity contribution < 1.29 is 19.1 Å². The first-order chi connectivity index (χ1) is 6.18. The van der Waals surface area contributed by atoms with Crippen molar-refractivity contribution in [3.8, 4) is 5.75 Å². The van der Waals surface area contributed by atoms with Gasteiger partial charge in [-0.25, -0.2) is 9.59 Å². The SMILES string of the molecule is NC(=O)OC(=O)Oc1ccccc1. The van der Waals surface area contributed by atoms with Crippen molar-refractivity contribution in [2.45, 2.75) is 0 Å². The van der Waals surface area contributed by atoms with Gasteiger partial charge in [0.25, 0.3) is 0 Å². The van der Waals surface area contributed by atoms with E-state index in [1.165, 1.54) is 0 Å². The molecule has 5 heteroatoms. The summed E-state index contributed by atoms with van der Waals surface area (Å²) in [6.07, 6.45) is -2.33. The Bertz CT molecular complexity index is 309. The number of benzene rings is 1. The minimum absolute atomic E-state index is 0.286. The number of para-hydroxylation sites is 1. The molecule has 0 bridgehead atoms. The van der Waals surface area contributed by atoms with E-state index in [-0.39, 0.29) is 5.75 Å². The molecule has 0 aliphatic carbocycles. The molecule has 0 radical (unpaired) electrons. The van der Waals surface area contributed by atoms with Gasteiger partial charge < -0.3 is 15.2 Å². The topological polar surface area (TPSA) is 78.6 Å². The molecule has 1 aromatic rings. The second-order valence-electron chi connectivity index (χ2n) is 2.09. The van der Waals surface area contributed by atoms with E-state index in [9.17, 15) is 9.59 Å². The number of amides is 1. The van der Waals surface area contributed by atoms with Crippen LogP contribution in [0.4, 0.5) is 9.59 Å². The molecule has 5 nitrogen and oxygen atoms in total. The molecule has 0 aliphatic heterocycles. The van der Waals surface area contributed by atoms with Crippen LogP contribution in [0.15, 0.2) is 30.3 Å². The largest absolute Gasteiger partial charge is 0.523 e. The first-order valence-corrected chi connectivity index (χ1v) is 3.42. The highest BCUT2D eigenvalue weighted by Crippen LogP contribution is 2.08. The Morgan fingerprint density at radius 1 is 1.15 bits per heavy atom. The van der Waals surface area contributed by atoms with E-state index in [1.54, 1.807) is 30.3 Å². The van der Waals surface area contributed by atoms with Crippen LogP contribution in [0.1, 0.15) is 0 Å². The van der Waals surface area contributed by atoms with Crippen LogP contribution < -0.4 is 10.5 Å². The van der Waals surface area contributed by atoms with Gasteiger partial charge in [-0.15, -0.1) is 0 Å². The first kappa shape index (κ1) is 9.05. The van der Waals surface area contributed by atoms with Gasteiger partial charge in [-0.1, -0.05) is 18.2 Å². The number of nitrogens with two attached hydrogens (primary N) is 1. The number of hydrogen-bond acceptors (Lipinski definition) is 4. The fraction of sp³-hybridized carbons (Fsp3) is 0. The summed E-state index contributed by atoms with van der Waals surface area (Å²) in [5, 5.41) is 0. The summed E-state index contributed by atoms with van der Waals surface area (Å²) in [4.78, 5) is 20.8. The second kappa shape index (κ2) is 4.10. The maximum absolute atomic E-state index is 10.7. The third-order valence-electron chi connectivity index (χ3n) is 1.13. The van der Waals surface area contributed by atoms with Crippen LogP contribution in [0.25, 0.3) is 0 Å². The van der Waals surface area contributed by atoms with Gasteiger partial charge >= 0.3 is 12.2 Å². The van der Waals surface area contributed by atoms with Crippen molar-refractivity contribution in [2.24, 2.45) is 5.73 Å². The molecule has 1 rings (SSSR count). The first-order valence-electron chi connectivity index (χ1n) is 3.42. The van der Waals surface area contributed by atoms with Gasteiger partial charge in [-0.2, -0.15) is 0 Å². The van der Waals surface area contributed by atoms with E-state index < -0.39 is 12.2 Å². The zero-order valence-corrected chi connectivity index (χ0v) is 6.60. The summed E-state index contributed by atoms with van der Waals surface area (Å²) in [6, 6.07) is 8.19. The van der Waals surface area contributed by atoms with Crippen molar-refractivity contribution in [3.63, 3.8) is 0 Å². The summed E-state index contributed by atoms with van der Waals surface area (Å²) in [6.45, 7) is 0. The minimum atomic E-state index is -1.19. The molecular weight excluding hydrogens is 174 g/mol. The van der Waals surface area contributed by atoms with Gasteiger partial charge in [0.15, 0.2) is 0 Å². The molecule has 0 saturated heterocycles. The summed E-state index contributed by atoms with van der Waals surface area (Å²) < 4.78 is 8.50. The quantitative estimate of drug-likeness (QED) is 0.402. The molecule has 13 heavy (non-hydrogen) atoms. The Morgan fingerprint density at radius 3 is 2.31 bits per heavy atom. The second-order valence-corrected chi connectivity index (χ2v) is 2.09. The van der Waals surface area contributed by atoms with E-state index in [1.807, 2.05) is 0 Å². The summed E-state index contributed by atoms with van der Waals surface area (Å²) in [5.74, 6) is 0.286. The summed E-state index contributed by atoms with van der Waals surface area (Å²) in [5.41, 5.74) is 4.59. The van der Waals surface area contributed by atoms with Crippen LogP contribution in [0.3, 0.4) is 0 Å². The van der Waals surface area contributed by atoms with Gasteiger partial charge in [0, 0.05) is 0 Å². The van der Waals surface area contributed by atoms with Crippen LogP contribution in [-0.4, -0.2) is 12.2 Å². The molecule has 0 unspecified atom stereocenters. The molecule has 0 aliphatic rings. The van der Waals surface area contributed by atoms with E-state index in [4.69, 9.17) is 0 Å². The molecule has 0 atom stereocenters. The van der Waals surface area contributed by atoms with E-state index in [0.717, 1.165) is 0 Å². The van der Waals surface area contributed by atoms with Gasteiger partial charge in [-0.05, 0) is 12.1 Å². The minimum Gasteiger partial charge on any atom is -0.395 e. The summed E-state index contributed by atoms with van der Waals surface area (Å²) >= 11 is 0. The Morgan fingerprint density at radius 2 is 1.77 bits per heavy atom. The van der Waals surface area contributed by atoms with Gasteiger partial charge in [0.05, 0.1) is 0 Å². The number of carbonyl (C=O) groups excluding carboxylic acids is 2. The summed E-state index contributed by atoms with van der Waals surface area (Å²) in [7, 11) is 0. The Hall–Kier alpha value is -2.04. The van der Waals surface area contributed by atoms with Gasteiger partial charge in [0.2, 0.25) is 0 Å². The number of ether oxygens (including phenoxy) is 2. The normalized spacial score (nSPS) is 8.92. The third kappa shape index (κ3) is 3.24. The number of carbonyl (C=O) groups is 2. The highest BCUT2D eigenvalue weighted by atomic mass is 16.7. The molecule has 0 aromatic heterocycles. The van der Waals surface area contributed by atoms with Crippen molar-refractivity contribution in [1.29, 1.82) is 0 Å². The lowest BCUT2D eigenvalue weighted by atomic mass is 10.3. The zero-order chi connectivity index (χ0) is 9.68. The predicted molar refractivity (Wildman–Crippen MR) is 43.1 cm³/mol. The van der Waals surface area contributed by atoms with Crippen LogP contribution in [0.5, 0.6) is 5.75 Å². The molecule has 0 fully saturated rings. The monoisotopic (exact) mass is 181 g/mol. The molecule has 1 amide bonds. The third-order valence-corrected chi connectivity index (χ3v) is 1.13. The molecule has 1 aromatic carbocycles. The number of rotatable bonds is 1. The van der Waals surface area contributed by atoms with Crippen molar-refractivity contribution in [3.05, 3.63) is 30.3 Å². The molecule has 0 saturated carbocycles. The van der Waals surface area contributed by atoms with Crippen LogP contribution in [0.2, 0.25) is 0 Å². The standard InChI is InChI=1S/C8H7NO4/c9-7(10)13-8(11)12-6-4-2-1-3-5-6/h1-5H,(H2,9,10). The van der Waals surface area contributed by atoms with Crippen molar-refractivity contribution >= 4 is 12.2 Å². The Labute approximate surface area is 74.1 Å². The molecule has 0 spiro atoms. The molecule has 68 valence electrons. The lowest BCUT2D eigenvalue weighted by Gasteiger charge is -2.00. The fourth-order valence-corrected chi connectivity index (χ4v) is 0.688. The Balaban J connectivity index is 2.50. The Kier molecular flexibility index (Phi) is 2.86. The molecule has 2 N–H and O–H groups in total. The van der Waals surface area contributed by atoms with Crippen molar-refractivity contribution in [1.82, 2.24) is 0 Å². The van der Waals surface area contributed by atoms with Crippen molar-refractivity contribution in [2.75, 3.05) is 0 Å². The van der Waals surface area contributed by atoms with Gasteiger partial charge in [-0.3, -0.25) is 0 Å². The maximum atomic E-state index is 10.7. The molecule has 0 heterocycles. The van der Waals surface area contributed by atoms with E-state index >= 15 is 0 Å². The highest BCUT2D eigenvalue weighted by Gasteiger charge is 2.08. The maximum Gasteiger partial charge on any atom is 0.523 e.